The molecule has 0 saturated heterocycles. The van der Waals surface area contributed by atoms with Crippen LogP contribution in [0.25, 0.3) is 0 Å². The van der Waals surface area contributed by atoms with Crippen LogP contribution in [-0.4, -0.2) is 41.1 Å². The lowest BCUT2D eigenvalue weighted by molar-refractivity contribution is 0.289. The molecular formula is C17H21FN2O3S. The number of nitrogens with one attached hydrogen (secondary N) is 1. The maximum Gasteiger partial charge on any atom is 0.243 e. The molecule has 0 saturated carbocycles. The summed E-state index contributed by atoms with van der Waals surface area (Å²) in [6, 6.07) is 12.4. The van der Waals surface area contributed by atoms with Gasteiger partial charge in [0.2, 0.25) is 10.0 Å². The Balaban J connectivity index is 2.25. The van der Waals surface area contributed by atoms with Gasteiger partial charge < -0.3 is 9.64 Å². The largest absolute Gasteiger partial charge is 0.496 e. The molecule has 0 aliphatic rings. The molecule has 0 unspecified atom stereocenters. The molecule has 0 heterocycles. The van der Waals surface area contributed by atoms with E-state index in [4.69, 9.17) is 4.74 Å². The van der Waals surface area contributed by atoms with Gasteiger partial charge in [-0.05, 0) is 32.3 Å². The van der Waals surface area contributed by atoms with E-state index in [0.717, 1.165) is 11.6 Å². The van der Waals surface area contributed by atoms with E-state index in [1.54, 1.807) is 7.11 Å². The van der Waals surface area contributed by atoms with Crippen molar-refractivity contribution in [3.63, 3.8) is 0 Å². The quantitative estimate of drug-likeness (QED) is 0.831. The minimum atomic E-state index is -3.94. The number of para-hydroxylation sites is 1. The van der Waals surface area contributed by atoms with Gasteiger partial charge in [0, 0.05) is 12.1 Å². The van der Waals surface area contributed by atoms with Crippen molar-refractivity contribution in [2.75, 3.05) is 27.7 Å². The maximum absolute atomic E-state index is 13.8. The Labute approximate surface area is 142 Å². The molecule has 1 N–H and O–H groups in total. The maximum atomic E-state index is 13.8. The van der Waals surface area contributed by atoms with Gasteiger partial charge in [-0.25, -0.2) is 17.5 Å². The van der Waals surface area contributed by atoms with Crippen molar-refractivity contribution >= 4 is 10.0 Å². The first kappa shape index (κ1) is 18.4. The minimum absolute atomic E-state index is 0.0873. The van der Waals surface area contributed by atoms with Crippen LogP contribution in [-0.2, 0) is 10.0 Å². The normalized spacial score (nSPS) is 13.0. The zero-order valence-electron chi connectivity index (χ0n) is 13.9. The standard InChI is InChI=1S/C17H21FN2O3S/c1-20(2)15(13-8-4-6-10-16(13)23-3)12-19-24(21,22)17-11-7-5-9-14(17)18/h4-11,15,19H,12H2,1-3H3/t15-/m0/s1. The number of nitrogens with zero attached hydrogens (tertiary/aromatic N) is 1. The topological polar surface area (TPSA) is 58.6 Å². The number of methoxy groups -OCH3 is 1. The highest BCUT2D eigenvalue weighted by Gasteiger charge is 2.23. The highest BCUT2D eigenvalue weighted by Crippen LogP contribution is 2.27. The summed E-state index contributed by atoms with van der Waals surface area (Å²) >= 11 is 0. The highest BCUT2D eigenvalue weighted by molar-refractivity contribution is 7.89. The van der Waals surface area contributed by atoms with Gasteiger partial charge in [-0.1, -0.05) is 30.3 Å². The van der Waals surface area contributed by atoms with Gasteiger partial charge in [-0.3, -0.25) is 0 Å². The van der Waals surface area contributed by atoms with Crippen molar-refractivity contribution < 1.29 is 17.5 Å². The second kappa shape index (κ2) is 7.74. The summed E-state index contributed by atoms with van der Waals surface area (Å²) < 4.78 is 46.3. The number of rotatable bonds is 7. The third-order valence-corrected chi connectivity index (χ3v) is 5.17. The van der Waals surface area contributed by atoms with E-state index in [-0.39, 0.29) is 17.5 Å². The number of sulfonamides is 1. The number of ether oxygens (including phenoxy) is 1. The lowest BCUT2D eigenvalue weighted by Gasteiger charge is -2.26. The molecule has 2 aromatic rings. The average molecular weight is 352 g/mol. The molecule has 7 heteroatoms. The van der Waals surface area contributed by atoms with E-state index in [9.17, 15) is 12.8 Å². The van der Waals surface area contributed by atoms with Crippen LogP contribution in [0.4, 0.5) is 4.39 Å². The molecule has 2 rings (SSSR count). The first-order valence-electron chi connectivity index (χ1n) is 7.40. The van der Waals surface area contributed by atoms with Crippen LogP contribution >= 0.6 is 0 Å². The van der Waals surface area contributed by atoms with Crippen LogP contribution in [0.15, 0.2) is 53.4 Å². The van der Waals surface area contributed by atoms with Crippen molar-refractivity contribution in [2.45, 2.75) is 10.9 Å². The van der Waals surface area contributed by atoms with Crippen molar-refractivity contribution in [3.05, 3.63) is 59.9 Å². The molecule has 0 amide bonds. The van der Waals surface area contributed by atoms with E-state index in [0.29, 0.717) is 5.75 Å². The van der Waals surface area contributed by atoms with Crippen molar-refractivity contribution in [1.29, 1.82) is 0 Å². The molecule has 0 radical (unpaired) electrons. The summed E-state index contributed by atoms with van der Waals surface area (Å²) in [4.78, 5) is 1.52. The summed E-state index contributed by atoms with van der Waals surface area (Å²) in [5.74, 6) is -0.106. The molecule has 2 aromatic carbocycles. The summed E-state index contributed by atoms with van der Waals surface area (Å²) in [5, 5.41) is 0. The summed E-state index contributed by atoms with van der Waals surface area (Å²) in [6.07, 6.45) is 0. The summed E-state index contributed by atoms with van der Waals surface area (Å²) in [7, 11) is 1.31. The fourth-order valence-electron chi connectivity index (χ4n) is 2.44. The van der Waals surface area contributed by atoms with Gasteiger partial charge in [-0.2, -0.15) is 0 Å². The van der Waals surface area contributed by atoms with E-state index in [1.165, 1.54) is 18.2 Å². The predicted molar refractivity (Wildman–Crippen MR) is 91.0 cm³/mol. The van der Waals surface area contributed by atoms with Crippen LogP contribution in [0.5, 0.6) is 5.75 Å². The third-order valence-electron chi connectivity index (χ3n) is 3.71. The van der Waals surface area contributed by atoms with Crippen LogP contribution in [0.3, 0.4) is 0 Å². The summed E-state index contributed by atoms with van der Waals surface area (Å²) in [5.41, 5.74) is 0.848. The lowest BCUT2D eigenvalue weighted by Crippen LogP contribution is -2.35. The molecule has 130 valence electrons. The Bertz CT molecular complexity index is 794. The monoisotopic (exact) mass is 352 g/mol. The molecule has 0 fully saturated rings. The fourth-order valence-corrected chi connectivity index (χ4v) is 3.56. The van der Waals surface area contributed by atoms with Crippen molar-refractivity contribution in [3.8, 4) is 5.75 Å². The van der Waals surface area contributed by atoms with Crippen molar-refractivity contribution in [2.24, 2.45) is 0 Å². The van der Waals surface area contributed by atoms with E-state index >= 15 is 0 Å². The number of hydrogen-bond donors (Lipinski definition) is 1. The molecule has 24 heavy (non-hydrogen) atoms. The molecule has 0 aliphatic heterocycles. The summed E-state index contributed by atoms with van der Waals surface area (Å²) in [6.45, 7) is 0.0873. The van der Waals surface area contributed by atoms with E-state index in [2.05, 4.69) is 4.72 Å². The Morgan fingerprint density at radius 2 is 1.75 bits per heavy atom. The number of likely N-dealkylation sites (N-methyl/N-ethyl adjacent to an activating group) is 1. The van der Waals surface area contributed by atoms with Gasteiger partial charge in [0.1, 0.15) is 16.5 Å². The Kier molecular flexibility index (Phi) is 5.93. The predicted octanol–water partition coefficient (Wildman–Crippen LogP) is 2.42. The van der Waals surface area contributed by atoms with Gasteiger partial charge in [0.15, 0.2) is 0 Å². The SMILES string of the molecule is COc1ccccc1[C@H](CNS(=O)(=O)c1ccccc1F)N(C)C. The smallest absolute Gasteiger partial charge is 0.243 e. The highest BCUT2D eigenvalue weighted by atomic mass is 32.2. The van der Waals surface area contributed by atoms with Gasteiger partial charge in [0.25, 0.3) is 0 Å². The first-order valence-corrected chi connectivity index (χ1v) is 8.88. The van der Waals surface area contributed by atoms with Crippen LogP contribution in [0.2, 0.25) is 0 Å². The molecule has 5 nitrogen and oxygen atoms in total. The van der Waals surface area contributed by atoms with Crippen LogP contribution < -0.4 is 9.46 Å². The van der Waals surface area contributed by atoms with E-state index in [1.807, 2.05) is 43.3 Å². The first-order chi connectivity index (χ1) is 11.4. The molecule has 1 atom stereocenters. The zero-order chi connectivity index (χ0) is 17.7. The Morgan fingerprint density at radius 1 is 1.12 bits per heavy atom. The molecule has 0 aromatic heterocycles. The van der Waals surface area contributed by atoms with Gasteiger partial charge >= 0.3 is 0 Å². The average Bonchev–Trinajstić information content (AvgIpc) is 2.55. The lowest BCUT2D eigenvalue weighted by atomic mass is 10.1. The molecule has 0 spiro atoms. The van der Waals surface area contributed by atoms with Crippen molar-refractivity contribution in [1.82, 2.24) is 9.62 Å². The fraction of sp³-hybridized carbons (Fsp3) is 0.294. The number of benzene rings is 2. The van der Waals surface area contributed by atoms with Gasteiger partial charge in [0.05, 0.1) is 13.2 Å². The number of hydrogen-bond acceptors (Lipinski definition) is 4. The molecular weight excluding hydrogens is 331 g/mol. The van der Waals surface area contributed by atoms with Crippen LogP contribution in [0, 0.1) is 5.82 Å². The molecule has 0 aliphatic carbocycles. The van der Waals surface area contributed by atoms with E-state index < -0.39 is 15.8 Å². The zero-order valence-corrected chi connectivity index (χ0v) is 14.7. The Hall–Kier alpha value is -1.96. The minimum Gasteiger partial charge on any atom is -0.496 e. The third kappa shape index (κ3) is 4.11. The Morgan fingerprint density at radius 3 is 2.38 bits per heavy atom. The van der Waals surface area contributed by atoms with Gasteiger partial charge in [-0.15, -0.1) is 0 Å². The second-order valence-corrected chi connectivity index (χ2v) is 7.24. The molecule has 0 bridgehead atoms. The number of halogens is 1. The van der Waals surface area contributed by atoms with Crippen LogP contribution in [0.1, 0.15) is 11.6 Å². The second-order valence-electron chi connectivity index (χ2n) is 5.50.